The molecule has 0 radical (unpaired) electrons. The fraction of sp³-hybridized carbons (Fsp3) is 0.417. The fourth-order valence-corrected chi connectivity index (χ4v) is 1.29. The fourth-order valence-electron chi connectivity index (χ4n) is 1.29. The zero-order valence-corrected chi connectivity index (χ0v) is 9.77. The van der Waals surface area contributed by atoms with Gasteiger partial charge in [0.05, 0.1) is 6.61 Å². The Hall–Kier alpha value is -1.55. The maximum absolute atomic E-state index is 10.8. The number of primary amides is 1. The quantitative estimate of drug-likeness (QED) is 0.734. The normalized spacial score (nSPS) is 10.4. The first kappa shape index (κ1) is 12.5. The van der Waals surface area contributed by atoms with Crippen LogP contribution in [0.25, 0.3) is 0 Å². The molecule has 0 aliphatic rings. The molecule has 0 atom stereocenters. The minimum absolute atomic E-state index is 0.417. The van der Waals surface area contributed by atoms with Crippen LogP contribution in [-0.2, 0) is 0 Å². The lowest BCUT2D eigenvalue weighted by atomic mass is 10.2. The van der Waals surface area contributed by atoms with Crippen LogP contribution in [0.2, 0.25) is 0 Å². The monoisotopic (exact) mass is 222 g/mol. The first-order chi connectivity index (χ1) is 7.59. The Bertz CT molecular complexity index is 333. The third-order valence-electron chi connectivity index (χ3n) is 2.16. The van der Waals surface area contributed by atoms with Crippen molar-refractivity contribution in [3.8, 4) is 5.75 Å². The lowest BCUT2D eigenvalue weighted by Crippen LogP contribution is -2.15. The van der Waals surface area contributed by atoms with E-state index in [2.05, 4.69) is 4.90 Å². The Labute approximate surface area is 96.0 Å². The average Bonchev–Trinajstić information content (AvgIpc) is 2.25. The van der Waals surface area contributed by atoms with E-state index in [0.717, 1.165) is 18.7 Å². The van der Waals surface area contributed by atoms with Crippen molar-refractivity contribution < 1.29 is 9.53 Å². The van der Waals surface area contributed by atoms with Gasteiger partial charge in [0, 0.05) is 12.1 Å². The maximum Gasteiger partial charge on any atom is 0.248 e. The van der Waals surface area contributed by atoms with E-state index in [1.807, 2.05) is 14.1 Å². The first-order valence-electron chi connectivity index (χ1n) is 5.27. The van der Waals surface area contributed by atoms with E-state index in [1.54, 1.807) is 24.3 Å². The summed E-state index contributed by atoms with van der Waals surface area (Å²) in [7, 11) is 4.06. The van der Waals surface area contributed by atoms with Crippen LogP contribution in [0.3, 0.4) is 0 Å². The molecule has 0 aliphatic heterocycles. The molecule has 1 aromatic rings. The number of amides is 1. The Morgan fingerprint density at radius 1 is 1.31 bits per heavy atom. The van der Waals surface area contributed by atoms with Crippen LogP contribution < -0.4 is 10.5 Å². The van der Waals surface area contributed by atoms with Crippen molar-refractivity contribution in [3.05, 3.63) is 29.8 Å². The Kier molecular flexibility index (Phi) is 4.79. The molecule has 1 rings (SSSR count). The predicted molar refractivity (Wildman–Crippen MR) is 63.6 cm³/mol. The third kappa shape index (κ3) is 4.31. The summed E-state index contributed by atoms with van der Waals surface area (Å²) in [5, 5.41) is 0. The number of hydrogen-bond donors (Lipinski definition) is 1. The van der Waals surface area contributed by atoms with Gasteiger partial charge >= 0.3 is 0 Å². The molecule has 16 heavy (non-hydrogen) atoms. The molecule has 0 saturated carbocycles. The second-order valence-corrected chi connectivity index (χ2v) is 3.89. The Morgan fingerprint density at radius 3 is 2.44 bits per heavy atom. The van der Waals surface area contributed by atoms with Gasteiger partial charge in [-0.25, -0.2) is 0 Å². The lowest BCUT2D eigenvalue weighted by Gasteiger charge is -2.10. The number of hydrogen-bond acceptors (Lipinski definition) is 3. The molecule has 0 spiro atoms. The molecule has 88 valence electrons. The molecule has 0 saturated heterocycles. The number of benzene rings is 1. The number of nitrogens with zero attached hydrogens (tertiary/aromatic N) is 1. The molecular formula is C12H18N2O2. The summed E-state index contributed by atoms with van der Waals surface area (Å²) < 4.78 is 5.51. The molecule has 0 aromatic heterocycles. The van der Waals surface area contributed by atoms with E-state index in [9.17, 15) is 4.79 Å². The molecule has 0 bridgehead atoms. The zero-order chi connectivity index (χ0) is 12.0. The zero-order valence-electron chi connectivity index (χ0n) is 9.77. The van der Waals surface area contributed by atoms with Gasteiger partial charge in [0.15, 0.2) is 0 Å². The highest BCUT2D eigenvalue weighted by molar-refractivity contribution is 5.92. The first-order valence-corrected chi connectivity index (χ1v) is 5.27. The van der Waals surface area contributed by atoms with Crippen LogP contribution in [0.5, 0.6) is 5.75 Å². The summed E-state index contributed by atoms with van der Waals surface area (Å²) in [6.45, 7) is 1.67. The number of carbonyl (C=O) groups excluding carboxylic acids is 1. The van der Waals surface area contributed by atoms with E-state index >= 15 is 0 Å². The molecule has 1 aromatic carbocycles. The minimum Gasteiger partial charge on any atom is -0.494 e. The third-order valence-corrected chi connectivity index (χ3v) is 2.16. The van der Waals surface area contributed by atoms with Crippen molar-refractivity contribution in [3.63, 3.8) is 0 Å². The van der Waals surface area contributed by atoms with Crippen molar-refractivity contribution in [2.75, 3.05) is 27.2 Å². The standard InChI is InChI=1S/C12H18N2O2/c1-14(2)8-3-9-16-11-6-4-10(5-7-11)12(13)15/h4-7H,3,8-9H2,1-2H3,(H2,13,15). The summed E-state index contributed by atoms with van der Waals surface area (Å²) in [6, 6.07) is 6.86. The molecular weight excluding hydrogens is 204 g/mol. The maximum atomic E-state index is 10.8. The summed E-state index contributed by atoms with van der Waals surface area (Å²) in [4.78, 5) is 12.9. The number of rotatable bonds is 6. The summed E-state index contributed by atoms with van der Waals surface area (Å²) in [5.74, 6) is 0.350. The second kappa shape index (κ2) is 6.12. The van der Waals surface area contributed by atoms with Crippen molar-refractivity contribution in [2.45, 2.75) is 6.42 Å². The minimum atomic E-state index is -0.417. The number of carbonyl (C=O) groups is 1. The smallest absolute Gasteiger partial charge is 0.248 e. The molecule has 2 N–H and O–H groups in total. The van der Waals surface area contributed by atoms with Crippen LogP contribution in [0.15, 0.2) is 24.3 Å². The summed E-state index contributed by atoms with van der Waals surface area (Å²) in [5.41, 5.74) is 5.63. The highest BCUT2D eigenvalue weighted by Crippen LogP contribution is 2.11. The van der Waals surface area contributed by atoms with E-state index in [1.165, 1.54) is 0 Å². The number of ether oxygens (including phenoxy) is 1. The van der Waals surface area contributed by atoms with E-state index in [0.29, 0.717) is 12.2 Å². The van der Waals surface area contributed by atoms with Gasteiger partial charge in [-0.15, -0.1) is 0 Å². The van der Waals surface area contributed by atoms with Gasteiger partial charge in [-0.3, -0.25) is 4.79 Å². The largest absolute Gasteiger partial charge is 0.494 e. The van der Waals surface area contributed by atoms with Crippen molar-refractivity contribution in [1.82, 2.24) is 4.90 Å². The van der Waals surface area contributed by atoms with Gasteiger partial charge in [0.2, 0.25) is 5.91 Å². The van der Waals surface area contributed by atoms with Gasteiger partial charge < -0.3 is 15.4 Å². The molecule has 4 nitrogen and oxygen atoms in total. The molecule has 1 amide bonds. The van der Waals surface area contributed by atoms with Crippen molar-refractivity contribution in [2.24, 2.45) is 5.73 Å². The summed E-state index contributed by atoms with van der Waals surface area (Å²) >= 11 is 0. The van der Waals surface area contributed by atoms with Gasteiger partial charge in [0.1, 0.15) is 5.75 Å². The average molecular weight is 222 g/mol. The predicted octanol–water partition coefficient (Wildman–Crippen LogP) is 1.12. The topological polar surface area (TPSA) is 55.6 Å². The highest BCUT2D eigenvalue weighted by Gasteiger charge is 2.00. The van der Waals surface area contributed by atoms with Gasteiger partial charge in [-0.2, -0.15) is 0 Å². The van der Waals surface area contributed by atoms with Crippen LogP contribution in [0.4, 0.5) is 0 Å². The van der Waals surface area contributed by atoms with E-state index < -0.39 is 5.91 Å². The van der Waals surface area contributed by atoms with Crippen LogP contribution >= 0.6 is 0 Å². The van der Waals surface area contributed by atoms with Crippen LogP contribution in [0.1, 0.15) is 16.8 Å². The van der Waals surface area contributed by atoms with Crippen LogP contribution in [0, 0.1) is 0 Å². The van der Waals surface area contributed by atoms with E-state index in [-0.39, 0.29) is 0 Å². The number of nitrogens with two attached hydrogens (primary N) is 1. The lowest BCUT2D eigenvalue weighted by molar-refractivity contribution is 0.100. The second-order valence-electron chi connectivity index (χ2n) is 3.89. The van der Waals surface area contributed by atoms with Gasteiger partial charge in [-0.1, -0.05) is 0 Å². The summed E-state index contributed by atoms with van der Waals surface area (Å²) in [6.07, 6.45) is 0.977. The molecule has 0 aliphatic carbocycles. The van der Waals surface area contributed by atoms with E-state index in [4.69, 9.17) is 10.5 Å². The highest BCUT2D eigenvalue weighted by atomic mass is 16.5. The molecule has 0 fully saturated rings. The molecule has 4 heteroatoms. The van der Waals surface area contributed by atoms with Crippen LogP contribution in [-0.4, -0.2) is 38.1 Å². The SMILES string of the molecule is CN(C)CCCOc1ccc(C(N)=O)cc1. The molecule has 0 unspecified atom stereocenters. The van der Waals surface area contributed by atoms with Gasteiger partial charge in [0.25, 0.3) is 0 Å². The Balaban J connectivity index is 2.35. The molecule has 0 heterocycles. The van der Waals surface area contributed by atoms with Crippen molar-refractivity contribution in [1.29, 1.82) is 0 Å². The van der Waals surface area contributed by atoms with Gasteiger partial charge in [-0.05, 0) is 44.8 Å². The Morgan fingerprint density at radius 2 is 1.94 bits per heavy atom. The van der Waals surface area contributed by atoms with Crippen molar-refractivity contribution >= 4 is 5.91 Å².